The second kappa shape index (κ2) is 8.71. The number of primary amides is 1. The summed E-state index contributed by atoms with van der Waals surface area (Å²) in [6, 6.07) is 12.9. The molecule has 1 amide bonds. The van der Waals surface area contributed by atoms with Crippen LogP contribution in [0, 0.1) is 5.92 Å². The lowest BCUT2D eigenvalue weighted by molar-refractivity contribution is -0.121. The second-order valence-electron chi connectivity index (χ2n) is 9.48. The fraction of sp³-hybridized carbons (Fsp3) is 0.393. The number of carbonyl (C=O) groups is 1. The summed E-state index contributed by atoms with van der Waals surface area (Å²) in [4.78, 5) is 18.3. The number of hydrogen-bond acceptors (Lipinski definition) is 3. The SMILES string of the molecule is CC[C@@H](C)c1ccc2[nH]cc3c2c1C1=CC(C(N)=O)CN(CCc2ccccc2OC)C1C3. The highest BCUT2D eigenvalue weighted by atomic mass is 16.5. The van der Waals surface area contributed by atoms with Gasteiger partial charge < -0.3 is 15.5 Å². The van der Waals surface area contributed by atoms with Gasteiger partial charge in [0.2, 0.25) is 5.91 Å². The number of rotatable bonds is 7. The smallest absolute Gasteiger partial charge is 0.225 e. The first-order valence-electron chi connectivity index (χ1n) is 12.0. The highest BCUT2D eigenvalue weighted by Crippen LogP contribution is 2.45. The summed E-state index contributed by atoms with van der Waals surface area (Å²) in [5.74, 6) is 0.828. The Labute approximate surface area is 195 Å². The van der Waals surface area contributed by atoms with Crippen LogP contribution in [0.1, 0.15) is 48.4 Å². The molecule has 3 N–H and O–H groups in total. The van der Waals surface area contributed by atoms with Crippen LogP contribution in [0.15, 0.2) is 48.7 Å². The molecule has 1 aliphatic carbocycles. The number of fused-ring (bicyclic) bond motifs is 2. The Morgan fingerprint density at radius 3 is 2.85 bits per heavy atom. The summed E-state index contributed by atoms with van der Waals surface area (Å²) in [5.41, 5.74) is 13.6. The number of aromatic nitrogens is 1. The molecule has 0 saturated carbocycles. The second-order valence-corrected chi connectivity index (χ2v) is 9.48. The third-order valence-electron chi connectivity index (χ3n) is 7.64. The first kappa shape index (κ1) is 21.8. The Bertz CT molecular complexity index is 1230. The van der Waals surface area contributed by atoms with E-state index in [2.05, 4.69) is 60.3 Å². The van der Waals surface area contributed by atoms with Crippen molar-refractivity contribution in [3.05, 3.63) is 70.9 Å². The molecule has 2 unspecified atom stereocenters. The Hall–Kier alpha value is -3.05. The van der Waals surface area contributed by atoms with Crippen molar-refractivity contribution in [2.24, 2.45) is 11.7 Å². The molecule has 1 aliphatic heterocycles. The van der Waals surface area contributed by atoms with Gasteiger partial charge in [-0.3, -0.25) is 9.69 Å². The lowest BCUT2D eigenvalue weighted by Gasteiger charge is -2.42. The molecule has 0 radical (unpaired) electrons. The van der Waals surface area contributed by atoms with Gasteiger partial charge in [-0.05, 0) is 65.1 Å². The highest BCUT2D eigenvalue weighted by Gasteiger charge is 2.38. The van der Waals surface area contributed by atoms with E-state index in [1.54, 1.807) is 7.11 Å². The molecule has 33 heavy (non-hydrogen) atoms. The minimum absolute atomic E-state index is 0.243. The standard InChI is InChI=1S/C28H33N3O2/c1-4-17(2)21-9-10-23-26-19(15-30-23)14-24-22(27(21)26)13-20(28(29)32)16-31(24)12-11-18-7-5-6-8-25(18)33-3/h5-10,13,15,17,20,24,30H,4,11-12,14,16H2,1-3H3,(H2,29,32)/t17-,20?,24?/m1/s1. The van der Waals surface area contributed by atoms with E-state index in [9.17, 15) is 4.79 Å². The zero-order chi connectivity index (χ0) is 23.1. The number of nitrogens with zero attached hydrogens (tertiary/aromatic N) is 1. The number of amides is 1. The third-order valence-corrected chi connectivity index (χ3v) is 7.64. The largest absolute Gasteiger partial charge is 0.496 e. The van der Waals surface area contributed by atoms with Crippen molar-refractivity contribution >= 4 is 22.4 Å². The van der Waals surface area contributed by atoms with Crippen molar-refractivity contribution in [1.29, 1.82) is 0 Å². The first-order chi connectivity index (χ1) is 16.0. The van der Waals surface area contributed by atoms with Crippen LogP contribution in [-0.2, 0) is 17.6 Å². The minimum atomic E-state index is -0.283. The number of methoxy groups -OCH3 is 1. The average Bonchev–Trinajstić information content (AvgIpc) is 3.26. The van der Waals surface area contributed by atoms with E-state index in [0.717, 1.165) is 31.6 Å². The van der Waals surface area contributed by atoms with Gasteiger partial charge in [0.05, 0.1) is 13.0 Å². The summed E-state index contributed by atoms with van der Waals surface area (Å²) >= 11 is 0. The average molecular weight is 444 g/mol. The molecule has 5 heteroatoms. The molecule has 0 spiro atoms. The summed E-state index contributed by atoms with van der Waals surface area (Å²) in [6.45, 7) is 6.04. The molecule has 3 atom stereocenters. The highest BCUT2D eigenvalue weighted by molar-refractivity contribution is 6.00. The van der Waals surface area contributed by atoms with Crippen LogP contribution in [0.3, 0.4) is 0 Å². The molecule has 2 aliphatic rings. The van der Waals surface area contributed by atoms with Crippen LogP contribution in [0.4, 0.5) is 0 Å². The molecule has 3 aromatic rings. The number of para-hydroxylation sites is 1. The maximum Gasteiger partial charge on any atom is 0.225 e. The van der Waals surface area contributed by atoms with Gasteiger partial charge >= 0.3 is 0 Å². The maximum absolute atomic E-state index is 12.4. The monoisotopic (exact) mass is 443 g/mol. The molecule has 2 heterocycles. The maximum atomic E-state index is 12.4. The van der Waals surface area contributed by atoms with Crippen LogP contribution >= 0.6 is 0 Å². The van der Waals surface area contributed by atoms with Crippen LogP contribution in [0.5, 0.6) is 5.75 Å². The first-order valence-corrected chi connectivity index (χ1v) is 12.0. The van der Waals surface area contributed by atoms with Crippen LogP contribution in [-0.4, -0.2) is 42.0 Å². The molecule has 0 saturated heterocycles. The lowest BCUT2D eigenvalue weighted by atomic mass is 9.75. The van der Waals surface area contributed by atoms with Crippen molar-refractivity contribution in [1.82, 2.24) is 9.88 Å². The molecule has 0 fully saturated rings. The zero-order valence-electron chi connectivity index (χ0n) is 19.7. The Kier molecular flexibility index (Phi) is 5.75. The minimum Gasteiger partial charge on any atom is -0.496 e. The zero-order valence-corrected chi connectivity index (χ0v) is 19.7. The Morgan fingerprint density at radius 2 is 2.09 bits per heavy atom. The van der Waals surface area contributed by atoms with E-state index < -0.39 is 0 Å². The number of ether oxygens (including phenoxy) is 1. The van der Waals surface area contributed by atoms with Gasteiger partial charge in [0.1, 0.15) is 5.75 Å². The molecule has 5 rings (SSSR count). The fourth-order valence-electron chi connectivity index (χ4n) is 5.66. The van der Waals surface area contributed by atoms with Crippen molar-refractivity contribution in [3.8, 4) is 5.75 Å². The molecule has 172 valence electrons. The molecular formula is C28H33N3O2. The van der Waals surface area contributed by atoms with Gasteiger partial charge in [-0.25, -0.2) is 0 Å². The van der Waals surface area contributed by atoms with Gasteiger partial charge in [-0.1, -0.05) is 44.2 Å². The summed E-state index contributed by atoms with van der Waals surface area (Å²) in [5, 5.41) is 1.32. The number of benzene rings is 2. The summed E-state index contributed by atoms with van der Waals surface area (Å²) in [7, 11) is 1.72. The van der Waals surface area contributed by atoms with Gasteiger partial charge in [0.25, 0.3) is 0 Å². The topological polar surface area (TPSA) is 71.4 Å². The number of nitrogens with two attached hydrogens (primary N) is 1. The van der Waals surface area contributed by atoms with Gasteiger partial charge in [-0.2, -0.15) is 0 Å². The molecular weight excluding hydrogens is 410 g/mol. The van der Waals surface area contributed by atoms with Crippen LogP contribution in [0.2, 0.25) is 0 Å². The number of nitrogens with one attached hydrogen (secondary N) is 1. The molecule has 1 aromatic heterocycles. The predicted octanol–water partition coefficient (Wildman–Crippen LogP) is 4.66. The normalized spacial score (nSPS) is 20.9. The summed E-state index contributed by atoms with van der Waals surface area (Å²) < 4.78 is 5.57. The van der Waals surface area contributed by atoms with E-state index >= 15 is 0 Å². The van der Waals surface area contributed by atoms with Crippen molar-refractivity contribution in [3.63, 3.8) is 0 Å². The fourth-order valence-corrected chi connectivity index (χ4v) is 5.66. The number of carbonyl (C=O) groups excluding carboxylic acids is 1. The van der Waals surface area contributed by atoms with E-state index in [-0.39, 0.29) is 17.9 Å². The van der Waals surface area contributed by atoms with E-state index in [1.807, 2.05) is 12.1 Å². The predicted molar refractivity (Wildman–Crippen MR) is 133 cm³/mol. The van der Waals surface area contributed by atoms with E-state index in [4.69, 9.17) is 10.5 Å². The van der Waals surface area contributed by atoms with Crippen molar-refractivity contribution < 1.29 is 9.53 Å². The number of aromatic amines is 1. The van der Waals surface area contributed by atoms with Gasteiger partial charge in [-0.15, -0.1) is 0 Å². The Morgan fingerprint density at radius 1 is 1.27 bits per heavy atom. The molecule has 0 bridgehead atoms. The van der Waals surface area contributed by atoms with E-state index in [0.29, 0.717) is 12.5 Å². The number of hydrogen-bond donors (Lipinski definition) is 2. The summed E-state index contributed by atoms with van der Waals surface area (Å²) in [6.07, 6.45) is 7.22. The number of H-pyrrole nitrogens is 1. The van der Waals surface area contributed by atoms with Crippen LogP contribution in [0.25, 0.3) is 16.5 Å². The quantitative estimate of drug-likeness (QED) is 0.558. The Balaban J connectivity index is 1.57. The van der Waals surface area contributed by atoms with Crippen LogP contribution < -0.4 is 10.5 Å². The van der Waals surface area contributed by atoms with Gasteiger partial charge in [0, 0.05) is 36.2 Å². The molecule has 2 aromatic carbocycles. The third kappa shape index (κ3) is 3.74. The lowest BCUT2D eigenvalue weighted by Crippen LogP contribution is -2.48. The van der Waals surface area contributed by atoms with E-state index in [1.165, 1.54) is 38.7 Å². The molecule has 5 nitrogen and oxygen atoms in total. The van der Waals surface area contributed by atoms with Crippen molar-refractivity contribution in [2.75, 3.05) is 20.2 Å². The van der Waals surface area contributed by atoms with Crippen molar-refractivity contribution in [2.45, 2.75) is 45.1 Å². The van der Waals surface area contributed by atoms with Gasteiger partial charge in [0.15, 0.2) is 0 Å².